The molecular formula is C22H19Cl2N7O4. The normalized spacial score (nSPS) is 15.5. The van der Waals surface area contributed by atoms with Crippen molar-refractivity contribution < 1.29 is 19.4 Å². The molecule has 2 N–H and O–H groups in total. The molecule has 35 heavy (non-hydrogen) atoms. The molecule has 4 heterocycles. The van der Waals surface area contributed by atoms with Gasteiger partial charge in [-0.2, -0.15) is 4.98 Å². The van der Waals surface area contributed by atoms with Gasteiger partial charge in [-0.3, -0.25) is 9.69 Å². The highest BCUT2D eigenvalue weighted by Crippen LogP contribution is 2.37. The van der Waals surface area contributed by atoms with Crippen LogP contribution in [0.4, 0.5) is 27.9 Å². The number of carboxylic acid groups (broad SMARTS) is 1. The van der Waals surface area contributed by atoms with Crippen molar-refractivity contribution in [1.29, 1.82) is 0 Å². The fraction of sp³-hybridized carbons (Fsp3) is 0.227. The summed E-state index contributed by atoms with van der Waals surface area (Å²) >= 11 is 12.5. The van der Waals surface area contributed by atoms with E-state index in [0.29, 0.717) is 47.6 Å². The van der Waals surface area contributed by atoms with Gasteiger partial charge in [-0.05, 0) is 24.3 Å². The molecule has 1 aromatic carbocycles. The van der Waals surface area contributed by atoms with Crippen molar-refractivity contribution in [2.45, 2.75) is 0 Å². The van der Waals surface area contributed by atoms with E-state index in [2.05, 4.69) is 20.3 Å². The molecule has 0 bridgehead atoms. The second-order valence-electron chi connectivity index (χ2n) is 7.78. The number of benzene rings is 1. The molecule has 13 heteroatoms. The summed E-state index contributed by atoms with van der Waals surface area (Å²) in [5, 5.41) is 12.8. The summed E-state index contributed by atoms with van der Waals surface area (Å²) in [4.78, 5) is 41.8. The van der Waals surface area contributed by atoms with E-state index >= 15 is 0 Å². The van der Waals surface area contributed by atoms with E-state index in [1.54, 1.807) is 24.4 Å². The number of para-hydroxylation sites is 1. The fourth-order valence-electron chi connectivity index (χ4n) is 3.83. The minimum absolute atomic E-state index is 0.100. The number of aromatic nitrogens is 3. The van der Waals surface area contributed by atoms with Crippen molar-refractivity contribution in [3.05, 3.63) is 58.3 Å². The molecule has 0 unspecified atom stereocenters. The number of halogens is 2. The zero-order chi connectivity index (χ0) is 24.5. The summed E-state index contributed by atoms with van der Waals surface area (Å²) in [5.41, 5.74) is 1.19. The number of hydrogen-bond acceptors (Lipinski definition) is 8. The minimum atomic E-state index is -0.909. The molecule has 0 atom stereocenters. The lowest BCUT2D eigenvalue weighted by molar-refractivity contribution is 0.0932. The van der Waals surface area contributed by atoms with Gasteiger partial charge >= 0.3 is 6.09 Å². The third-order valence-corrected chi connectivity index (χ3v) is 6.26. The Hall–Kier alpha value is -3.83. The Balaban J connectivity index is 1.27. The lowest BCUT2D eigenvalue weighted by Crippen LogP contribution is -2.48. The maximum atomic E-state index is 13.0. The summed E-state index contributed by atoms with van der Waals surface area (Å²) in [6, 6.07) is 8.64. The van der Waals surface area contributed by atoms with Gasteiger partial charge in [0.25, 0.3) is 5.91 Å². The molecule has 5 rings (SSSR count). The summed E-state index contributed by atoms with van der Waals surface area (Å²) in [5.74, 6) is 0.763. The zero-order valence-corrected chi connectivity index (χ0v) is 19.7. The van der Waals surface area contributed by atoms with Crippen LogP contribution in [0.25, 0.3) is 0 Å². The first-order valence-electron chi connectivity index (χ1n) is 10.6. The van der Waals surface area contributed by atoms with Gasteiger partial charge in [0, 0.05) is 32.4 Å². The van der Waals surface area contributed by atoms with Gasteiger partial charge in [-0.1, -0.05) is 29.3 Å². The van der Waals surface area contributed by atoms with Crippen LogP contribution in [0.15, 0.2) is 42.7 Å². The number of rotatable bonds is 4. The van der Waals surface area contributed by atoms with E-state index in [9.17, 15) is 9.59 Å². The van der Waals surface area contributed by atoms with Gasteiger partial charge in [-0.25, -0.2) is 14.8 Å². The van der Waals surface area contributed by atoms with Gasteiger partial charge < -0.3 is 25.0 Å². The minimum Gasteiger partial charge on any atom is -0.465 e. The first-order valence-corrected chi connectivity index (χ1v) is 11.4. The van der Waals surface area contributed by atoms with Gasteiger partial charge in [0.15, 0.2) is 6.73 Å². The monoisotopic (exact) mass is 515 g/mol. The predicted octanol–water partition coefficient (Wildman–Crippen LogP) is 3.72. The van der Waals surface area contributed by atoms with Crippen molar-refractivity contribution in [2.75, 3.05) is 48.0 Å². The number of ether oxygens (including phenoxy) is 1. The highest BCUT2D eigenvalue weighted by Gasteiger charge is 2.31. The van der Waals surface area contributed by atoms with E-state index < -0.39 is 6.09 Å². The van der Waals surface area contributed by atoms with Crippen molar-refractivity contribution in [3.8, 4) is 5.88 Å². The highest BCUT2D eigenvalue weighted by atomic mass is 35.5. The Labute approximate surface area is 209 Å². The molecule has 2 aromatic heterocycles. The standard InChI is InChI=1S/C22H19Cl2N7O4/c23-15-2-1-3-16(24)18(15)31-12-35-19-14(20(31)32)11-26-21(28-19)27-13-4-5-17(25-10-13)29-6-8-30(9-7-29)22(33)34/h1-5,10-11H,6-9,12H2,(H,33,34)(H,26,27,28). The number of fused-ring (bicyclic) bond motifs is 1. The second kappa shape index (κ2) is 9.43. The van der Waals surface area contributed by atoms with Crippen molar-refractivity contribution >= 4 is 58.3 Å². The number of nitrogens with one attached hydrogen (secondary N) is 1. The molecule has 3 aromatic rings. The third kappa shape index (κ3) is 4.60. The van der Waals surface area contributed by atoms with E-state index in [-0.39, 0.29) is 30.0 Å². The van der Waals surface area contributed by atoms with Crippen LogP contribution in [0.3, 0.4) is 0 Å². The fourth-order valence-corrected chi connectivity index (χ4v) is 4.43. The van der Waals surface area contributed by atoms with E-state index in [0.717, 1.165) is 5.82 Å². The Morgan fingerprint density at radius 2 is 1.77 bits per heavy atom. The number of nitrogens with zero attached hydrogens (tertiary/aromatic N) is 6. The second-order valence-corrected chi connectivity index (χ2v) is 8.59. The Morgan fingerprint density at radius 1 is 1.03 bits per heavy atom. The Bertz CT molecular complexity index is 1260. The van der Waals surface area contributed by atoms with Crippen molar-refractivity contribution in [2.24, 2.45) is 0 Å². The molecule has 2 aliphatic rings. The maximum Gasteiger partial charge on any atom is 0.407 e. The molecule has 0 radical (unpaired) electrons. The van der Waals surface area contributed by atoms with Crippen LogP contribution in [-0.4, -0.2) is 69.9 Å². The lowest BCUT2D eigenvalue weighted by atomic mass is 10.2. The van der Waals surface area contributed by atoms with Gasteiger partial charge in [0.1, 0.15) is 11.4 Å². The topological polar surface area (TPSA) is 124 Å². The number of carbonyl (C=O) groups is 2. The first kappa shape index (κ1) is 22.9. The lowest BCUT2D eigenvalue weighted by Gasteiger charge is -2.33. The molecule has 11 nitrogen and oxygen atoms in total. The van der Waals surface area contributed by atoms with Gasteiger partial charge in [0.05, 0.1) is 27.6 Å². The van der Waals surface area contributed by atoms with Gasteiger partial charge in [-0.15, -0.1) is 0 Å². The summed E-state index contributed by atoms with van der Waals surface area (Å²) in [6.07, 6.45) is 2.11. The Kier molecular flexibility index (Phi) is 6.18. The summed E-state index contributed by atoms with van der Waals surface area (Å²) in [6.45, 7) is 1.90. The molecule has 0 aliphatic carbocycles. The van der Waals surface area contributed by atoms with Crippen LogP contribution < -0.4 is 19.9 Å². The molecule has 1 saturated heterocycles. The van der Waals surface area contributed by atoms with E-state index in [1.165, 1.54) is 16.0 Å². The SMILES string of the molecule is O=C(O)N1CCN(c2ccc(Nc3ncc4c(n3)OCN(c3c(Cl)cccc3Cl)C4=O)cn2)CC1. The largest absolute Gasteiger partial charge is 0.465 e. The van der Waals surface area contributed by atoms with Crippen LogP contribution in [0, 0.1) is 0 Å². The number of hydrogen-bond donors (Lipinski definition) is 2. The van der Waals surface area contributed by atoms with Crippen molar-refractivity contribution in [3.63, 3.8) is 0 Å². The van der Waals surface area contributed by atoms with Crippen LogP contribution in [0.2, 0.25) is 10.0 Å². The van der Waals surface area contributed by atoms with E-state index in [1.807, 2.05) is 17.0 Å². The molecular weight excluding hydrogens is 497 g/mol. The smallest absolute Gasteiger partial charge is 0.407 e. The van der Waals surface area contributed by atoms with Crippen LogP contribution in [0.5, 0.6) is 5.88 Å². The number of piperazine rings is 1. The first-order chi connectivity index (χ1) is 16.9. The van der Waals surface area contributed by atoms with E-state index in [4.69, 9.17) is 33.0 Å². The number of pyridine rings is 1. The molecule has 180 valence electrons. The molecule has 2 aliphatic heterocycles. The van der Waals surface area contributed by atoms with Gasteiger partial charge in [0.2, 0.25) is 11.8 Å². The van der Waals surface area contributed by atoms with Crippen LogP contribution in [-0.2, 0) is 0 Å². The summed E-state index contributed by atoms with van der Waals surface area (Å²) in [7, 11) is 0. The average Bonchev–Trinajstić information content (AvgIpc) is 2.86. The number of carbonyl (C=O) groups excluding carboxylic acids is 1. The molecule has 0 saturated carbocycles. The zero-order valence-electron chi connectivity index (χ0n) is 18.2. The maximum absolute atomic E-state index is 13.0. The Morgan fingerprint density at radius 3 is 2.43 bits per heavy atom. The molecule has 0 spiro atoms. The van der Waals surface area contributed by atoms with Crippen molar-refractivity contribution in [1.82, 2.24) is 19.9 Å². The molecule has 1 fully saturated rings. The number of amides is 2. The number of anilines is 4. The third-order valence-electron chi connectivity index (χ3n) is 5.65. The average molecular weight is 516 g/mol. The highest BCUT2D eigenvalue weighted by molar-refractivity contribution is 6.40. The van der Waals surface area contributed by atoms with Crippen LogP contribution in [0.1, 0.15) is 10.4 Å². The van der Waals surface area contributed by atoms with Crippen LogP contribution >= 0.6 is 23.2 Å². The predicted molar refractivity (Wildman–Crippen MR) is 130 cm³/mol. The molecule has 2 amide bonds. The quantitative estimate of drug-likeness (QED) is 0.534. The summed E-state index contributed by atoms with van der Waals surface area (Å²) < 4.78 is 5.70.